The van der Waals surface area contributed by atoms with Crippen molar-refractivity contribution in [3.05, 3.63) is 95.6 Å². The Morgan fingerprint density at radius 1 is 0.971 bits per heavy atom. The van der Waals surface area contributed by atoms with E-state index in [1.807, 2.05) is 42.5 Å². The highest BCUT2D eigenvalue weighted by atomic mass is 19.3. The van der Waals surface area contributed by atoms with Gasteiger partial charge >= 0.3 is 0 Å². The summed E-state index contributed by atoms with van der Waals surface area (Å²) in [5, 5.41) is 3.79. The van der Waals surface area contributed by atoms with E-state index in [-0.39, 0.29) is 11.5 Å². The molecular weight excluding hydrogens is 448 g/mol. The van der Waals surface area contributed by atoms with E-state index in [2.05, 4.69) is 15.2 Å². The van der Waals surface area contributed by atoms with Crippen molar-refractivity contribution in [1.29, 1.82) is 0 Å². The molecule has 0 saturated carbocycles. The van der Waals surface area contributed by atoms with Gasteiger partial charge in [0, 0.05) is 41.8 Å². The zero-order chi connectivity index (χ0) is 24.2. The van der Waals surface area contributed by atoms with Crippen LogP contribution in [-0.4, -0.2) is 42.1 Å². The molecule has 3 aromatic carbocycles. The zero-order valence-corrected chi connectivity index (χ0v) is 19.1. The van der Waals surface area contributed by atoms with Crippen LogP contribution < -0.4 is 5.32 Å². The Morgan fingerprint density at radius 2 is 1.77 bits per heavy atom. The highest BCUT2D eigenvalue weighted by molar-refractivity contribution is 6.12. The fourth-order valence-electron chi connectivity index (χ4n) is 4.29. The molecule has 1 amide bonds. The van der Waals surface area contributed by atoms with Crippen molar-refractivity contribution in [3.63, 3.8) is 0 Å². The van der Waals surface area contributed by atoms with Crippen LogP contribution in [0.2, 0.25) is 0 Å². The molecule has 0 bridgehead atoms. The second kappa shape index (κ2) is 10.3. The molecule has 35 heavy (non-hydrogen) atoms. The van der Waals surface area contributed by atoms with Gasteiger partial charge in [-0.3, -0.25) is 9.69 Å². The minimum Gasteiger partial charge on any atom is -0.379 e. The SMILES string of the molecule is O=C(Nc1cccc(CN2CCOCC2)c1)c1cccc2ccc(-c3cccc(C(F)F)c3)nc12. The average Bonchev–Trinajstić information content (AvgIpc) is 2.89. The highest BCUT2D eigenvalue weighted by Crippen LogP contribution is 2.27. The van der Waals surface area contributed by atoms with Gasteiger partial charge in [0.2, 0.25) is 0 Å². The lowest BCUT2D eigenvalue weighted by Crippen LogP contribution is -2.35. The number of pyridine rings is 1. The fourth-order valence-corrected chi connectivity index (χ4v) is 4.29. The molecule has 0 radical (unpaired) electrons. The summed E-state index contributed by atoms with van der Waals surface area (Å²) >= 11 is 0. The van der Waals surface area contributed by atoms with Crippen LogP contribution in [0.25, 0.3) is 22.2 Å². The topological polar surface area (TPSA) is 54.5 Å². The Bertz CT molecular complexity index is 1350. The molecule has 5 nitrogen and oxygen atoms in total. The summed E-state index contributed by atoms with van der Waals surface area (Å²) in [6.07, 6.45) is -2.56. The van der Waals surface area contributed by atoms with Crippen molar-refractivity contribution >= 4 is 22.5 Å². The van der Waals surface area contributed by atoms with Crippen LogP contribution in [0.1, 0.15) is 27.9 Å². The first kappa shape index (κ1) is 23.1. The predicted octanol–water partition coefficient (Wildman–Crippen LogP) is 5.92. The van der Waals surface area contributed by atoms with Gasteiger partial charge in [-0.2, -0.15) is 0 Å². The van der Waals surface area contributed by atoms with E-state index >= 15 is 0 Å². The molecule has 2 heterocycles. The van der Waals surface area contributed by atoms with Crippen molar-refractivity contribution in [2.24, 2.45) is 0 Å². The minimum atomic E-state index is -2.56. The number of fused-ring (bicyclic) bond motifs is 1. The Labute approximate surface area is 202 Å². The van der Waals surface area contributed by atoms with Gasteiger partial charge in [0.1, 0.15) is 0 Å². The second-order valence-electron chi connectivity index (χ2n) is 8.54. The number of para-hydroxylation sites is 1. The maximum absolute atomic E-state index is 13.2. The highest BCUT2D eigenvalue weighted by Gasteiger charge is 2.15. The Morgan fingerprint density at radius 3 is 2.60 bits per heavy atom. The number of rotatable bonds is 6. The number of ether oxygens (including phenoxy) is 1. The Hall–Kier alpha value is -3.68. The number of carbonyl (C=O) groups is 1. The molecule has 1 aliphatic heterocycles. The smallest absolute Gasteiger partial charge is 0.263 e. The molecule has 1 aliphatic rings. The number of benzene rings is 3. The molecule has 4 aromatic rings. The summed E-state index contributed by atoms with van der Waals surface area (Å²) in [4.78, 5) is 20.2. The molecular formula is C28H25F2N3O2. The molecule has 0 spiro atoms. The number of nitrogens with one attached hydrogen (secondary N) is 1. The van der Waals surface area contributed by atoms with E-state index in [9.17, 15) is 13.6 Å². The zero-order valence-electron chi connectivity index (χ0n) is 19.1. The number of aromatic nitrogens is 1. The lowest BCUT2D eigenvalue weighted by atomic mass is 10.0. The molecule has 178 valence electrons. The quantitative estimate of drug-likeness (QED) is 0.378. The van der Waals surface area contributed by atoms with Crippen LogP contribution in [-0.2, 0) is 11.3 Å². The molecule has 0 unspecified atom stereocenters. The summed E-state index contributed by atoms with van der Waals surface area (Å²) in [6, 6.07) is 23.0. The van der Waals surface area contributed by atoms with Gasteiger partial charge in [-0.05, 0) is 35.9 Å². The van der Waals surface area contributed by atoms with Crippen LogP contribution in [0.4, 0.5) is 14.5 Å². The molecule has 1 saturated heterocycles. The predicted molar refractivity (Wildman–Crippen MR) is 133 cm³/mol. The van der Waals surface area contributed by atoms with Crippen LogP contribution >= 0.6 is 0 Å². The molecule has 1 N–H and O–H groups in total. The van der Waals surface area contributed by atoms with Crippen molar-refractivity contribution in [2.75, 3.05) is 31.6 Å². The first-order valence-electron chi connectivity index (χ1n) is 11.6. The van der Waals surface area contributed by atoms with Crippen molar-refractivity contribution in [1.82, 2.24) is 9.88 Å². The van der Waals surface area contributed by atoms with Crippen molar-refractivity contribution in [3.8, 4) is 11.3 Å². The largest absolute Gasteiger partial charge is 0.379 e. The number of alkyl halides is 2. The number of hydrogen-bond acceptors (Lipinski definition) is 4. The number of carbonyl (C=O) groups excluding carboxylic acids is 1. The summed E-state index contributed by atoms with van der Waals surface area (Å²) in [6.45, 7) is 4.05. The third-order valence-electron chi connectivity index (χ3n) is 6.09. The van der Waals surface area contributed by atoms with Crippen LogP contribution in [0.3, 0.4) is 0 Å². The standard InChI is InChI=1S/C28H25F2N3O2/c29-27(30)22-7-2-6-21(17-22)25-11-10-20-5-3-9-24(26(20)32-25)28(34)31-23-8-1-4-19(16-23)18-33-12-14-35-15-13-33/h1-11,16-17,27H,12-15,18H2,(H,31,34). The number of anilines is 1. The van der Waals surface area contributed by atoms with Gasteiger partial charge in [0.05, 0.1) is 30.0 Å². The van der Waals surface area contributed by atoms with E-state index in [1.165, 1.54) is 12.1 Å². The number of nitrogens with zero attached hydrogens (tertiary/aromatic N) is 2. The molecule has 0 aliphatic carbocycles. The third kappa shape index (κ3) is 5.37. The van der Waals surface area contributed by atoms with E-state index in [0.717, 1.165) is 43.8 Å². The summed E-state index contributed by atoms with van der Waals surface area (Å²) in [5.41, 5.74) is 3.82. The monoisotopic (exact) mass is 473 g/mol. The molecule has 5 rings (SSSR count). The molecule has 1 aromatic heterocycles. The van der Waals surface area contributed by atoms with Crippen molar-refractivity contribution < 1.29 is 18.3 Å². The Balaban J connectivity index is 1.40. The van der Waals surface area contributed by atoms with Gasteiger partial charge in [-0.25, -0.2) is 13.8 Å². The Kier molecular flexibility index (Phi) is 6.79. The van der Waals surface area contributed by atoms with E-state index in [4.69, 9.17) is 4.74 Å². The van der Waals surface area contributed by atoms with Crippen LogP contribution in [0.15, 0.2) is 78.9 Å². The normalized spacial score (nSPS) is 14.4. The summed E-state index contributed by atoms with van der Waals surface area (Å²) in [5.74, 6) is -0.273. The van der Waals surface area contributed by atoms with E-state index in [0.29, 0.717) is 28.0 Å². The maximum Gasteiger partial charge on any atom is 0.263 e. The minimum absolute atomic E-state index is 0.0626. The number of hydrogen-bond donors (Lipinski definition) is 1. The summed E-state index contributed by atoms with van der Waals surface area (Å²) < 4.78 is 31.8. The lowest BCUT2D eigenvalue weighted by Gasteiger charge is -2.26. The third-order valence-corrected chi connectivity index (χ3v) is 6.09. The number of morpholine rings is 1. The lowest BCUT2D eigenvalue weighted by molar-refractivity contribution is 0.0342. The number of halogens is 2. The first-order valence-corrected chi connectivity index (χ1v) is 11.6. The summed E-state index contributed by atoms with van der Waals surface area (Å²) in [7, 11) is 0. The second-order valence-corrected chi connectivity index (χ2v) is 8.54. The first-order chi connectivity index (χ1) is 17.1. The fraction of sp³-hybridized carbons (Fsp3) is 0.214. The van der Waals surface area contributed by atoms with Gasteiger partial charge in [-0.1, -0.05) is 48.5 Å². The van der Waals surface area contributed by atoms with Gasteiger partial charge in [0.15, 0.2) is 0 Å². The molecule has 1 fully saturated rings. The van der Waals surface area contributed by atoms with Crippen LogP contribution in [0.5, 0.6) is 0 Å². The maximum atomic E-state index is 13.2. The van der Waals surface area contributed by atoms with E-state index < -0.39 is 6.43 Å². The van der Waals surface area contributed by atoms with E-state index in [1.54, 1.807) is 24.3 Å². The van der Waals surface area contributed by atoms with Gasteiger partial charge < -0.3 is 10.1 Å². The van der Waals surface area contributed by atoms with Gasteiger partial charge in [-0.15, -0.1) is 0 Å². The molecule has 0 atom stereocenters. The number of amides is 1. The average molecular weight is 474 g/mol. The molecule has 7 heteroatoms. The van der Waals surface area contributed by atoms with Crippen LogP contribution in [0, 0.1) is 0 Å². The van der Waals surface area contributed by atoms with Gasteiger partial charge in [0.25, 0.3) is 12.3 Å². The van der Waals surface area contributed by atoms with Crippen molar-refractivity contribution in [2.45, 2.75) is 13.0 Å².